The van der Waals surface area contributed by atoms with Crippen molar-refractivity contribution in [3.8, 4) is 11.6 Å². The standard InChI is InChI=1S/C13H17N5O/c14-10-6-3-1-2-5-9(10)13-17-12(18-19-13)11-15-7-4-8-16-11/h4,7-10H,1-3,5-6,14H2. The van der Waals surface area contributed by atoms with Gasteiger partial charge in [0.1, 0.15) is 0 Å². The SMILES string of the molecule is NC1CCCCCC1c1nc(-c2ncccn2)no1. The number of rotatable bonds is 2. The van der Waals surface area contributed by atoms with E-state index in [1.807, 2.05) is 0 Å². The Morgan fingerprint density at radius 2 is 1.84 bits per heavy atom. The van der Waals surface area contributed by atoms with Crippen LogP contribution in [0, 0.1) is 0 Å². The fraction of sp³-hybridized carbons (Fsp3) is 0.538. The molecule has 1 aliphatic rings. The lowest BCUT2D eigenvalue weighted by molar-refractivity contribution is 0.325. The van der Waals surface area contributed by atoms with Crippen LogP contribution >= 0.6 is 0 Å². The Labute approximate surface area is 111 Å². The Bertz CT molecular complexity index is 527. The number of aromatic nitrogens is 4. The summed E-state index contributed by atoms with van der Waals surface area (Å²) in [5.74, 6) is 1.70. The van der Waals surface area contributed by atoms with Gasteiger partial charge in [0.15, 0.2) is 0 Å². The second-order valence-electron chi connectivity index (χ2n) is 4.94. The van der Waals surface area contributed by atoms with Crippen LogP contribution in [0.15, 0.2) is 23.0 Å². The average Bonchev–Trinajstić information content (AvgIpc) is 2.83. The van der Waals surface area contributed by atoms with E-state index in [0.29, 0.717) is 17.5 Å². The third kappa shape index (κ3) is 2.63. The molecule has 0 spiro atoms. The van der Waals surface area contributed by atoms with E-state index in [9.17, 15) is 0 Å². The summed E-state index contributed by atoms with van der Waals surface area (Å²) in [6, 6.07) is 1.86. The molecule has 100 valence electrons. The summed E-state index contributed by atoms with van der Waals surface area (Å²) in [6.45, 7) is 0. The van der Waals surface area contributed by atoms with Crippen LogP contribution in [0.1, 0.15) is 43.9 Å². The maximum Gasteiger partial charge on any atom is 0.240 e. The van der Waals surface area contributed by atoms with E-state index in [0.717, 1.165) is 19.3 Å². The van der Waals surface area contributed by atoms with Gasteiger partial charge in [-0.05, 0) is 18.9 Å². The van der Waals surface area contributed by atoms with Gasteiger partial charge in [0.25, 0.3) is 0 Å². The Hall–Kier alpha value is -1.82. The van der Waals surface area contributed by atoms with Crippen LogP contribution in [-0.2, 0) is 0 Å². The molecule has 6 heteroatoms. The van der Waals surface area contributed by atoms with E-state index in [-0.39, 0.29) is 12.0 Å². The van der Waals surface area contributed by atoms with Crippen LogP contribution in [0.5, 0.6) is 0 Å². The monoisotopic (exact) mass is 259 g/mol. The highest BCUT2D eigenvalue weighted by atomic mass is 16.5. The first kappa shape index (κ1) is 12.2. The largest absolute Gasteiger partial charge is 0.338 e. The van der Waals surface area contributed by atoms with Gasteiger partial charge in [-0.15, -0.1) is 0 Å². The minimum atomic E-state index is 0.104. The molecule has 0 radical (unpaired) electrons. The molecular weight excluding hydrogens is 242 g/mol. The van der Waals surface area contributed by atoms with Crippen LogP contribution in [0.25, 0.3) is 11.6 Å². The van der Waals surface area contributed by atoms with Crippen molar-refractivity contribution in [2.45, 2.75) is 44.1 Å². The van der Waals surface area contributed by atoms with Gasteiger partial charge >= 0.3 is 0 Å². The summed E-state index contributed by atoms with van der Waals surface area (Å²) in [5.41, 5.74) is 6.20. The quantitative estimate of drug-likeness (QED) is 0.828. The predicted molar refractivity (Wildman–Crippen MR) is 69.1 cm³/mol. The second-order valence-corrected chi connectivity index (χ2v) is 4.94. The summed E-state index contributed by atoms with van der Waals surface area (Å²) in [7, 11) is 0. The minimum absolute atomic E-state index is 0.104. The van der Waals surface area contributed by atoms with Crippen LogP contribution in [-0.4, -0.2) is 26.2 Å². The van der Waals surface area contributed by atoms with Gasteiger partial charge in [0.05, 0.1) is 5.92 Å². The zero-order valence-electron chi connectivity index (χ0n) is 10.7. The fourth-order valence-electron chi connectivity index (χ4n) is 2.53. The molecule has 2 aromatic rings. The molecule has 2 unspecified atom stereocenters. The van der Waals surface area contributed by atoms with Crippen molar-refractivity contribution in [1.29, 1.82) is 0 Å². The van der Waals surface area contributed by atoms with Crippen molar-refractivity contribution in [2.75, 3.05) is 0 Å². The van der Waals surface area contributed by atoms with Crippen LogP contribution in [0.4, 0.5) is 0 Å². The number of nitrogens with zero attached hydrogens (tertiary/aromatic N) is 4. The third-order valence-corrected chi connectivity index (χ3v) is 3.59. The molecule has 0 aromatic carbocycles. The molecule has 2 aromatic heterocycles. The highest BCUT2D eigenvalue weighted by Gasteiger charge is 2.27. The smallest absolute Gasteiger partial charge is 0.240 e. The van der Waals surface area contributed by atoms with Gasteiger partial charge in [-0.2, -0.15) is 4.98 Å². The van der Waals surface area contributed by atoms with Gasteiger partial charge in [0, 0.05) is 18.4 Å². The molecule has 3 rings (SSSR count). The molecule has 2 N–H and O–H groups in total. The zero-order chi connectivity index (χ0) is 13.1. The molecule has 19 heavy (non-hydrogen) atoms. The minimum Gasteiger partial charge on any atom is -0.338 e. The van der Waals surface area contributed by atoms with Crippen molar-refractivity contribution in [2.24, 2.45) is 5.73 Å². The molecule has 6 nitrogen and oxygen atoms in total. The maximum atomic E-state index is 6.20. The molecule has 1 fully saturated rings. The van der Waals surface area contributed by atoms with Crippen molar-refractivity contribution in [3.05, 3.63) is 24.4 Å². The lowest BCUT2D eigenvalue weighted by Crippen LogP contribution is -2.27. The predicted octanol–water partition coefficient (Wildman–Crippen LogP) is 1.90. The topological polar surface area (TPSA) is 90.7 Å². The fourth-order valence-corrected chi connectivity index (χ4v) is 2.53. The van der Waals surface area contributed by atoms with Gasteiger partial charge in [0.2, 0.25) is 17.5 Å². The van der Waals surface area contributed by atoms with Crippen molar-refractivity contribution >= 4 is 0 Å². The van der Waals surface area contributed by atoms with Crippen LogP contribution < -0.4 is 5.73 Å². The number of nitrogens with two attached hydrogens (primary N) is 1. The first-order chi connectivity index (χ1) is 9.34. The van der Waals surface area contributed by atoms with Crippen molar-refractivity contribution in [3.63, 3.8) is 0 Å². The highest BCUT2D eigenvalue weighted by molar-refractivity contribution is 5.40. The highest BCUT2D eigenvalue weighted by Crippen LogP contribution is 2.30. The molecule has 0 aliphatic heterocycles. The molecule has 2 atom stereocenters. The third-order valence-electron chi connectivity index (χ3n) is 3.59. The normalized spacial score (nSPS) is 24.1. The lowest BCUT2D eigenvalue weighted by Gasteiger charge is -2.16. The van der Waals surface area contributed by atoms with Gasteiger partial charge in [-0.1, -0.05) is 24.4 Å². The van der Waals surface area contributed by atoms with Gasteiger partial charge in [-0.3, -0.25) is 0 Å². The Morgan fingerprint density at radius 3 is 2.68 bits per heavy atom. The van der Waals surface area contributed by atoms with E-state index < -0.39 is 0 Å². The van der Waals surface area contributed by atoms with E-state index in [2.05, 4.69) is 20.1 Å². The number of hydrogen-bond donors (Lipinski definition) is 1. The van der Waals surface area contributed by atoms with E-state index in [1.165, 1.54) is 12.8 Å². The zero-order valence-corrected chi connectivity index (χ0v) is 10.7. The Balaban J connectivity index is 1.84. The Morgan fingerprint density at radius 1 is 1.05 bits per heavy atom. The summed E-state index contributed by atoms with van der Waals surface area (Å²) < 4.78 is 5.36. The van der Waals surface area contributed by atoms with Crippen molar-refractivity contribution in [1.82, 2.24) is 20.1 Å². The van der Waals surface area contributed by atoms with Gasteiger partial charge in [-0.25, -0.2) is 9.97 Å². The molecular formula is C13H17N5O. The maximum absolute atomic E-state index is 6.20. The molecule has 0 bridgehead atoms. The summed E-state index contributed by atoms with van der Waals surface area (Å²) >= 11 is 0. The summed E-state index contributed by atoms with van der Waals surface area (Å²) in [6.07, 6.45) is 8.93. The molecule has 2 heterocycles. The molecule has 0 saturated heterocycles. The lowest BCUT2D eigenvalue weighted by atomic mass is 9.95. The van der Waals surface area contributed by atoms with Gasteiger partial charge < -0.3 is 10.3 Å². The average molecular weight is 259 g/mol. The molecule has 0 amide bonds. The van der Waals surface area contributed by atoms with E-state index in [4.69, 9.17) is 10.3 Å². The van der Waals surface area contributed by atoms with Crippen molar-refractivity contribution < 1.29 is 4.52 Å². The number of hydrogen-bond acceptors (Lipinski definition) is 6. The summed E-state index contributed by atoms with van der Waals surface area (Å²) in [5, 5.41) is 3.96. The Kier molecular flexibility index (Phi) is 3.50. The first-order valence-corrected chi connectivity index (χ1v) is 6.71. The first-order valence-electron chi connectivity index (χ1n) is 6.71. The van der Waals surface area contributed by atoms with E-state index in [1.54, 1.807) is 18.5 Å². The van der Waals surface area contributed by atoms with Crippen LogP contribution in [0.2, 0.25) is 0 Å². The summed E-state index contributed by atoms with van der Waals surface area (Å²) in [4.78, 5) is 12.6. The molecule has 1 aliphatic carbocycles. The molecule has 1 saturated carbocycles. The van der Waals surface area contributed by atoms with Crippen LogP contribution in [0.3, 0.4) is 0 Å². The van der Waals surface area contributed by atoms with E-state index >= 15 is 0 Å². The second kappa shape index (κ2) is 5.44.